The van der Waals surface area contributed by atoms with Gasteiger partial charge in [-0.3, -0.25) is 5.32 Å². The smallest absolute Gasteiger partial charge is 0.0642 e. The van der Waals surface area contributed by atoms with E-state index in [2.05, 4.69) is 22.8 Å². The zero-order valence-electron chi connectivity index (χ0n) is 5.67. The monoisotopic (exact) mass is 133 g/mol. The standard InChI is InChI=1S/C8H9N2/c1-2-7-6-9-5-3-8(7)10-4-1/h1-3,5,9H,4,6H2. The minimum atomic E-state index is 0.836. The van der Waals surface area contributed by atoms with E-state index in [1.54, 1.807) is 0 Å². The van der Waals surface area contributed by atoms with E-state index in [0.717, 1.165) is 18.8 Å². The summed E-state index contributed by atoms with van der Waals surface area (Å²) >= 11 is 0. The van der Waals surface area contributed by atoms with Gasteiger partial charge in [0.2, 0.25) is 0 Å². The van der Waals surface area contributed by atoms with Crippen molar-refractivity contribution in [3.05, 3.63) is 35.7 Å². The van der Waals surface area contributed by atoms with Crippen molar-refractivity contribution in [3.8, 4) is 0 Å². The highest BCUT2D eigenvalue weighted by molar-refractivity contribution is 5.38. The second kappa shape index (κ2) is 2.21. The molecule has 1 N–H and O–H groups in total. The van der Waals surface area contributed by atoms with Gasteiger partial charge in [-0.05, 0) is 17.8 Å². The van der Waals surface area contributed by atoms with Crippen LogP contribution < -0.4 is 10.6 Å². The van der Waals surface area contributed by atoms with Gasteiger partial charge in [-0.2, -0.15) is 0 Å². The molecule has 0 aromatic carbocycles. The number of hydrogen-bond donors (Lipinski definition) is 1. The molecule has 1 radical (unpaired) electrons. The average molecular weight is 133 g/mol. The van der Waals surface area contributed by atoms with Gasteiger partial charge in [-0.15, -0.1) is 0 Å². The van der Waals surface area contributed by atoms with Crippen molar-refractivity contribution in [2.45, 2.75) is 0 Å². The van der Waals surface area contributed by atoms with Gasteiger partial charge in [0, 0.05) is 6.54 Å². The van der Waals surface area contributed by atoms with Gasteiger partial charge in [-0.25, -0.2) is 0 Å². The highest BCUT2D eigenvalue weighted by Gasteiger charge is 2.07. The van der Waals surface area contributed by atoms with Crippen LogP contribution in [0.2, 0.25) is 0 Å². The van der Waals surface area contributed by atoms with Gasteiger partial charge < -0.3 is 5.32 Å². The minimum Gasteiger partial charge on any atom is -0.387 e. The summed E-state index contributed by atoms with van der Waals surface area (Å²) in [6.07, 6.45) is 8.18. The molecule has 0 amide bonds. The number of nitrogens with one attached hydrogen (secondary N) is 1. The first kappa shape index (κ1) is 5.59. The summed E-state index contributed by atoms with van der Waals surface area (Å²) < 4.78 is 0. The highest BCUT2D eigenvalue weighted by Crippen LogP contribution is 2.12. The first-order valence-electron chi connectivity index (χ1n) is 3.44. The molecule has 0 fully saturated rings. The zero-order chi connectivity index (χ0) is 6.81. The molecular weight excluding hydrogens is 124 g/mol. The fraction of sp³-hybridized carbons (Fsp3) is 0.250. The van der Waals surface area contributed by atoms with E-state index < -0.39 is 0 Å². The number of hydrogen-bond acceptors (Lipinski definition) is 1. The lowest BCUT2D eigenvalue weighted by Crippen LogP contribution is -2.21. The molecule has 0 aromatic rings. The van der Waals surface area contributed by atoms with Gasteiger partial charge in [0.25, 0.3) is 0 Å². The SMILES string of the molecule is C1=CC2=C(C=CNC2)[N]C1. The lowest BCUT2D eigenvalue weighted by atomic mass is 10.1. The maximum absolute atomic E-state index is 4.32. The van der Waals surface area contributed by atoms with Crippen LogP contribution in [0.3, 0.4) is 0 Å². The van der Waals surface area contributed by atoms with Gasteiger partial charge in [0.05, 0.1) is 12.2 Å². The van der Waals surface area contributed by atoms with Crippen molar-refractivity contribution in [3.63, 3.8) is 0 Å². The van der Waals surface area contributed by atoms with Crippen LogP contribution in [0.1, 0.15) is 0 Å². The lowest BCUT2D eigenvalue weighted by Gasteiger charge is -2.16. The van der Waals surface area contributed by atoms with Crippen molar-refractivity contribution >= 4 is 0 Å². The van der Waals surface area contributed by atoms with E-state index in [1.165, 1.54) is 5.57 Å². The molecule has 2 aliphatic rings. The lowest BCUT2D eigenvalue weighted by molar-refractivity contribution is 0.821. The molecule has 0 spiro atoms. The summed E-state index contributed by atoms with van der Waals surface area (Å²) in [4.78, 5) is 0. The number of allylic oxidation sites excluding steroid dienone is 1. The fourth-order valence-electron chi connectivity index (χ4n) is 1.15. The molecule has 2 heteroatoms. The number of rotatable bonds is 0. The van der Waals surface area contributed by atoms with Crippen molar-refractivity contribution in [2.24, 2.45) is 0 Å². The largest absolute Gasteiger partial charge is 0.387 e. The van der Waals surface area contributed by atoms with Crippen molar-refractivity contribution in [2.75, 3.05) is 13.1 Å². The quantitative estimate of drug-likeness (QED) is 0.512. The van der Waals surface area contributed by atoms with Gasteiger partial charge in [0.1, 0.15) is 0 Å². The Labute approximate surface area is 60.3 Å². The van der Waals surface area contributed by atoms with Gasteiger partial charge >= 0.3 is 0 Å². The topological polar surface area (TPSA) is 26.1 Å². The fourth-order valence-corrected chi connectivity index (χ4v) is 1.15. The molecule has 2 aliphatic heterocycles. The van der Waals surface area contributed by atoms with Gasteiger partial charge in [-0.1, -0.05) is 12.2 Å². The Balaban J connectivity index is 2.32. The molecule has 0 bridgehead atoms. The number of nitrogens with zero attached hydrogens (tertiary/aromatic N) is 1. The predicted molar refractivity (Wildman–Crippen MR) is 40.3 cm³/mol. The first-order valence-corrected chi connectivity index (χ1v) is 3.44. The molecular formula is C8H9N2. The Kier molecular flexibility index (Phi) is 1.24. The molecule has 51 valence electrons. The Bertz CT molecular complexity index is 199. The molecule has 0 aliphatic carbocycles. The van der Waals surface area contributed by atoms with E-state index in [-0.39, 0.29) is 0 Å². The van der Waals surface area contributed by atoms with E-state index in [9.17, 15) is 0 Å². The predicted octanol–water partition coefficient (Wildman–Crippen LogP) is 0.532. The summed E-state index contributed by atoms with van der Waals surface area (Å²) in [5.74, 6) is 0. The normalized spacial score (nSPS) is 21.6. The van der Waals surface area contributed by atoms with Crippen LogP contribution in [0.25, 0.3) is 0 Å². The van der Waals surface area contributed by atoms with Crippen LogP contribution >= 0.6 is 0 Å². The van der Waals surface area contributed by atoms with Crippen molar-refractivity contribution < 1.29 is 0 Å². The summed E-state index contributed by atoms with van der Waals surface area (Å²) in [6, 6.07) is 0. The molecule has 0 unspecified atom stereocenters. The second-order valence-electron chi connectivity index (χ2n) is 2.37. The van der Waals surface area contributed by atoms with Crippen LogP contribution in [-0.4, -0.2) is 13.1 Å². The third kappa shape index (κ3) is 0.817. The van der Waals surface area contributed by atoms with Crippen LogP contribution in [0, 0.1) is 0 Å². The van der Waals surface area contributed by atoms with E-state index in [0.29, 0.717) is 0 Å². The molecule has 0 saturated carbocycles. The van der Waals surface area contributed by atoms with E-state index in [1.807, 2.05) is 12.3 Å². The molecule has 0 aromatic heterocycles. The molecule has 2 nitrogen and oxygen atoms in total. The highest BCUT2D eigenvalue weighted by atomic mass is 14.9. The third-order valence-electron chi connectivity index (χ3n) is 1.67. The van der Waals surface area contributed by atoms with Crippen LogP contribution in [0.4, 0.5) is 0 Å². The summed E-state index contributed by atoms with van der Waals surface area (Å²) in [6.45, 7) is 1.76. The molecule has 10 heavy (non-hydrogen) atoms. The van der Waals surface area contributed by atoms with Crippen LogP contribution in [0.5, 0.6) is 0 Å². The molecule has 2 rings (SSSR count). The van der Waals surface area contributed by atoms with Gasteiger partial charge in [0.15, 0.2) is 0 Å². The van der Waals surface area contributed by atoms with Crippen LogP contribution in [0.15, 0.2) is 35.7 Å². The van der Waals surface area contributed by atoms with Crippen molar-refractivity contribution in [1.82, 2.24) is 10.6 Å². The Morgan fingerprint density at radius 3 is 3.30 bits per heavy atom. The summed E-state index contributed by atoms with van der Waals surface area (Å²) in [7, 11) is 0. The Morgan fingerprint density at radius 2 is 2.40 bits per heavy atom. The number of dihydropyridines is 1. The molecule has 0 atom stereocenters. The average Bonchev–Trinajstić information content (AvgIpc) is 2.05. The van der Waals surface area contributed by atoms with E-state index in [4.69, 9.17) is 0 Å². The van der Waals surface area contributed by atoms with Crippen LogP contribution in [-0.2, 0) is 0 Å². The van der Waals surface area contributed by atoms with Crippen molar-refractivity contribution in [1.29, 1.82) is 0 Å². The van der Waals surface area contributed by atoms with E-state index >= 15 is 0 Å². The third-order valence-corrected chi connectivity index (χ3v) is 1.67. The Morgan fingerprint density at radius 1 is 1.40 bits per heavy atom. The first-order chi connectivity index (χ1) is 4.97. The second-order valence-corrected chi connectivity index (χ2v) is 2.37. The maximum Gasteiger partial charge on any atom is 0.0642 e. The summed E-state index contributed by atoms with van der Waals surface area (Å²) in [5.41, 5.74) is 2.44. The summed E-state index contributed by atoms with van der Waals surface area (Å²) in [5, 5.41) is 7.45. The maximum atomic E-state index is 4.32. The Hall–Kier alpha value is -1.18. The minimum absolute atomic E-state index is 0.836. The molecule has 0 saturated heterocycles. The molecule has 2 heterocycles. The zero-order valence-corrected chi connectivity index (χ0v) is 5.67.